The molecule has 1 heterocycles. The fourth-order valence-corrected chi connectivity index (χ4v) is 3.71. The largest absolute Gasteiger partial charge is 0.490 e. The van der Waals surface area contributed by atoms with Gasteiger partial charge in [-0.3, -0.25) is 14.6 Å². The second-order valence-electron chi connectivity index (χ2n) is 8.84. The van der Waals surface area contributed by atoms with E-state index in [1.54, 1.807) is 30.3 Å². The lowest BCUT2D eigenvalue weighted by Crippen LogP contribution is -2.27. The van der Waals surface area contributed by atoms with E-state index >= 15 is 0 Å². The molecule has 3 N–H and O–H groups in total. The number of carboxylic acids is 1. The second kappa shape index (κ2) is 13.6. The minimum absolute atomic E-state index is 0.0414. The number of alkyl halides is 3. The van der Waals surface area contributed by atoms with Gasteiger partial charge in [0.1, 0.15) is 18.2 Å². The van der Waals surface area contributed by atoms with Gasteiger partial charge in [-0.05, 0) is 61.0 Å². The number of anilines is 1. The standard InChI is InChI=1S/C28H29F4N3O4/c1-2-3-4-21(35-20-8-5-18(6-9-20)27(38)33-14-13-26(36)37)17-39-22-10-12-25(34-16-22)23-11-7-19(15-24(23)29)28(30,31)32/h5-12,15-16,21,35H,2-4,13-14,17H2,1H3,(H,33,38)(H,36,37). The summed E-state index contributed by atoms with van der Waals surface area (Å²) in [6.45, 7) is 2.39. The molecule has 1 unspecified atom stereocenters. The fraction of sp³-hybridized carbons (Fsp3) is 0.321. The number of hydrogen-bond donors (Lipinski definition) is 3. The second-order valence-corrected chi connectivity index (χ2v) is 8.84. The van der Waals surface area contributed by atoms with Crippen LogP contribution >= 0.6 is 0 Å². The molecule has 0 spiro atoms. The lowest BCUT2D eigenvalue weighted by atomic mass is 10.1. The Morgan fingerprint density at radius 1 is 1.08 bits per heavy atom. The average molecular weight is 548 g/mol. The third-order valence-electron chi connectivity index (χ3n) is 5.81. The van der Waals surface area contributed by atoms with Gasteiger partial charge in [-0.15, -0.1) is 0 Å². The molecule has 7 nitrogen and oxygen atoms in total. The van der Waals surface area contributed by atoms with Crippen molar-refractivity contribution >= 4 is 17.6 Å². The van der Waals surface area contributed by atoms with Gasteiger partial charge in [0.25, 0.3) is 5.91 Å². The van der Waals surface area contributed by atoms with Crippen LogP contribution < -0.4 is 15.4 Å². The van der Waals surface area contributed by atoms with Crippen LogP contribution in [0.25, 0.3) is 11.3 Å². The molecule has 0 fully saturated rings. The number of nitrogens with zero attached hydrogens (tertiary/aromatic N) is 1. The number of aromatic nitrogens is 1. The van der Waals surface area contributed by atoms with Crippen LogP contribution in [0.15, 0.2) is 60.8 Å². The molecule has 0 bridgehead atoms. The number of pyridine rings is 1. The maximum absolute atomic E-state index is 14.3. The van der Waals surface area contributed by atoms with Crippen molar-refractivity contribution in [1.82, 2.24) is 10.3 Å². The van der Waals surface area contributed by atoms with Gasteiger partial charge in [-0.1, -0.05) is 19.8 Å². The van der Waals surface area contributed by atoms with Gasteiger partial charge in [-0.2, -0.15) is 13.2 Å². The van der Waals surface area contributed by atoms with E-state index in [0.717, 1.165) is 37.1 Å². The molecular formula is C28H29F4N3O4. The number of carboxylic acid groups (broad SMARTS) is 1. The number of unbranched alkanes of at least 4 members (excludes halogenated alkanes) is 1. The van der Waals surface area contributed by atoms with E-state index in [0.29, 0.717) is 17.4 Å². The van der Waals surface area contributed by atoms with Crippen molar-refractivity contribution in [3.05, 3.63) is 77.7 Å². The third-order valence-corrected chi connectivity index (χ3v) is 5.81. The average Bonchev–Trinajstić information content (AvgIpc) is 2.90. The first-order chi connectivity index (χ1) is 18.6. The number of benzene rings is 2. The van der Waals surface area contributed by atoms with E-state index < -0.39 is 23.5 Å². The molecule has 2 aromatic carbocycles. The Hall–Kier alpha value is -4.15. The number of carbonyl (C=O) groups is 2. The number of aliphatic carboxylic acids is 1. The zero-order valence-corrected chi connectivity index (χ0v) is 21.2. The number of carbonyl (C=O) groups excluding carboxylic acids is 1. The zero-order chi connectivity index (χ0) is 28.4. The van der Waals surface area contributed by atoms with Gasteiger partial charge in [0.15, 0.2) is 0 Å². The normalized spacial score (nSPS) is 12.0. The molecule has 208 valence electrons. The van der Waals surface area contributed by atoms with Crippen LogP contribution in [0.3, 0.4) is 0 Å². The van der Waals surface area contributed by atoms with Gasteiger partial charge < -0.3 is 20.5 Å². The van der Waals surface area contributed by atoms with Gasteiger partial charge in [0.05, 0.1) is 29.9 Å². The number of hydrogen-bond acceptors (Lipinski definition) is 5. The van der Waals surface area contributed by atoms with E-state index in [9.17, 15) is 27.2 Å². The summed E-state index contributed by atoms with van der Waals surface area (Å²) in [4.78, 5) is 26.9. The van der Waals surface area contributed by atoms with Crippen LogP contribution in [-0.2, 0) is 11.0 Å². The van der Waals surface area contributed by atoms with Crippen molar-refractivity contribution in [3.8, 4) is 17.0 Å². The van der Waals surface area contributed by atoms with Crippen molar-refractivity contribution in [3.63, 3.8) is 0 Å². The predicted octanol–water partition coefficient (Wildman–Crippen LogP) is 6.16. The SMILES string of the molecule is CCCCC(COc1ccc(-c2ccc(C(F)(F)F)cc2F)nc1)Nc1ccc(C(=O)NCCC(=O)O)cc1. The highest BCUT2D eigenvalue weighted by Crippen LogP contribution is 2.32. The lowest BCUT2D eigenvalue weighted by Gasteiger charge is -2.20. The third kappa shape index (κ3) is 8.98. The summed E-state index contributed by atoms with van der Waals surface area (Å²) in [7, 11) is 0. The minimum Gasteiger partial charge on any atom is -0.490 e. The summed E-state index contributed by atoms with van der Waals surface area (Å²) < 4.78 is 58.5. The lowest BCUT2D eigenvalue weighted by molar-refractivity contribution is -0.138. The van der Waals surface area contributed by atoms with E-state index in [-0.39, 0.29) is 42.8 Å². The van der Waals surface area contributed by atoms with Crippen molar-refractivity contribution in [2.75, 3.05) is 18.5 Å². The first-order valence-electron chi connectivity index (χ1n) is 12.4. The Bertz CT molecular complexity index is 1250. The quantitative estimate of drug-likeness (QED) is 0.222. The van der Waals surface area contributed by atoms with Crippen LogP contribution in [0.1, 0.15) is 48.5 Å². The monoisotopic (exact) mass is 547 g/mol. The Balaban J connectivity index is 1.59. The molecule has 39 heavy (non-hydrogen) atoms. The minimum atomic E-state index is -4.63. The molecule has 0 aliphatic rings. The van der Waals surface area contributed by atoms with E-state index in [1.807, 2.05) is 0 Å². The zero-order valence-electron chi connectivity index (χ0n) is 21.2. The molecule has 0 aliphatic heterocycles. The van der Waals surface area contributed by atoms with Crippen LogP contribution in [0.2, 0.25) is 0 Å². The molecule has 0 aliphatic carbocycles. The molecule has 1 aromatic heterocycles. The molecule has 0 saturated heterocycles. The molecule has 1 atom stereocenters. The molecule has 0 saturated carbocycles. The number of amides is 1. The Labute approximate surface area is 223 Å². The number of rotatable bonds is 13. The molecule has 11 heteroatoms. The van der Waals surface area contributed by atoms with Gasteiger partial charge in [-0.25, -0.2) is 4.39 Å². The number of ether oxygens (including phenoxy) is 1. The van der Waals surface area contributed by atoms with Gasteiger partial charge in [0, 0.05) is 23.4 Å². The van der Waals surface area contributed by atoms with Crippen LogP contribution in [0, 0.1) is 5.82 Å². The highest BCUT2D eigenvalue weighted by atomic mass is 19.4. The molecule has 3 aromatic rings. The van der Waals surface area contributed by atoms with E-state index in [4.69, 9.17) is 9.84 Å². The highest BCUT2D eigenvalue weighted by Gasteiger charge is 2.31. The van der Waals surface area contributed by atoms with Gasteiger partial charge in [0.2, 0.25) is 0 Å². The summed E-state index contributed by atoms with van der Waals surface area (Å²) in [6.07, 6.45) is -0.684. The topological polar surface area (TPSA) is 101 Å². The Morgan fingerprint density at radius 2 is 1.82 bits per heavy atom. The first-order valence-corrected chi connectivity index (χ1v) is 12.4. The van der Waals surface area contributed by atoms with Crippen LogP contribution in [0.4, 0.5) is 23.2 Å². The van der Waals surface area contributed by atoms with Crippen molar-refractivity contribution in [2.24, 2.45) is 0 Å². The Morgan fingerprint density at radius 3 is 2.41 bits per heavy atom. The summed E-state index contributed by atoms with van der Waals surface area (Å²) in [5.74, 6) is -1.95. The molecule has 3 rings (SSSR count). The molecule has 0 radical (unpaired) electrons. The smallest absolute Gasteiger partial charge is 0.416 e. The number of nitrogens with one attached hydrogen (secondary N) is 2. The Kier molecular flexibility index (Phi) is 10.2. The summed E-state index contributed by atoms with van der Waals surface area (Å²) in [5.41, 5.74) is 0.247. The first kappa shape index (κ1) is 29.4. The molecule has 1 amide bonds. The number of halogens is 4. The summed E-state index contributed by atoms with van der Waals surface area (Å²) in [6, 6.07) is 12.1. The van der Waals surface area contributed by atoms with Crippen LogP contribution in [0.5, 0.6) is 5.75 Å². The predicted molar refractivity (Wildman–Crippen MR) is 138 cm³/mol. The van der Waals surface area contributed by atoms with Crippen molar-refractivity contribution in [1.29, 1.82) is 0 Å². The van der Waals surface area contributed by atoms with E-state index in [1.165, 1.54) is 12.3 Å². The summed E-state index contributed by atoms with van der Waals surface area (Å²) in [5, 5.41) is 14.6. The van der Waals surface area contributed by atoms with E-state index in [2.05, 4.69) is 22.5 Å². The summed E-state index contributed by atoms with van der Waals surface area (Å²) >= 11 is 0. The van der Waals surface area contributed by atoms with Gasteiger partial charge >= 0.3 is 12.1 Å². The van der Waals surface area contributed by atoms with Crippen molar-refractivity contribution in [2.45, 2.75) is 44.8 Å². The van der Waals surface area contributed by atoms with Crippen molar-refractivity contribution < 1.29 is 37.0 Å². The maximum Gasteiger partial charge on any atom is 0.416 e. The maximum atomic E-state index is 14.3. The highest BCUT2D eigenvalue weighted by molar-refractivity contribution is 5.94. The fourth-order valence-electron chi connectivity index (χ4n) is 3.71. The molecular weight excluding hydrogens is 518 g/mol. The van der Waals surface area contributed by atoms with Crippen LogP contribution in [-0.4, -0.2) is 41.2 Å².